The highest BCUT2D eigenvalue weighted by Gasteiger charge is 2.21. The average molecular weight is 324 g/mol. The van der Waals surface area contributed by atoms with Crippen molar-refractivity contribution in [2.75, 3.05) is 0 Å². The Balaban J connectivity index is 2.19. The molecule has 2 aromatic rings. The van der Waals surface area contributed by atoms with Crippen molar-refractivity contribution in [2.24, 2.45) is 0 Å². The maximum absolute atomic E-state index is 13.6. The Hall–Kier alpha value is -2.84. The van der Waals surface area contributed by atoms with Crippen LogP contribution in [0.3, 0.4) is 0 Å². The van der Waals surface area contributed by atoms with Crippen LogP contribution in [0.2, 0.25) is 0 Å². The van der Waals surface area contributed by atoms with Crippen LogP contribution in [0.1, 0.15) is 28.7 Å². The number of rotatable bonds is 5. The predicted molar refractivity (Wildman–Crippen MR) is 74.8 cm³/mol. The van der Waals surface area contributed by atoms with Gasteiger partial charge in [0.2, 0.25) is 0 Å². The number of amides is 1. The van der Waals surface area contributed by atoms with Crippen molar-refractivity contribution in [2.45, 2.75) is 26.4 Å². The zero-order valence-corrected chi connectivity index (χ0v) is 12.4. The first-order chi connectivity index (χ1) is 10.8. The number of nitrogens with zero attached hydrogens (tertiary/aromatic N) is 3. The van der Waals surface area contributed by atoms with Crippen molar-refractivity contribution in [1.29, 1.82) is 0 Å². The van der Waals surface area contributed by atoms with Crippen molar-refractivity contribution in [3.05, 3.63) is 46.8 Å². The molecule has 0 aliphatic heterocycles. The first-order valence-electron chi connectivity index (χ1n) is 6.67. The fourth-order valence-corrected chi connectivity index (χ4v) is 1.86. The fraction of sp³-hybridized carbons (Fsp3) is 0.286. The SMILES string of the molecule is Cc1c(C(=O)N[C@H](C)C(=O)O)nnn1Cc1ccc(F)cc1F. The molecule has 1 heterocycles. The summed E-state index contributed by atoms with van der Waals surface area (Å²) in [6.45, 7) is 2.82. The molecule has 122 valence electrons. The smallest absolute Gasteiger partial charge is 0.325 e. The van der Waals surface area contributed by atoms with E-state index in [2.05, 4.69) is 15.6 Å². The van der Waals surface area contributed by atoms with Gasteiger partial charge in [-0.2, -0.15) is 0 Å². The summed E-state index contributed by atoms with van der Waals surface area (Å²) in [5.41, 5.74) is 0.467. The summed E-state index contributed by atoms with van der Waals surface area (Å²) in [5, 5.41) is 18.5. The second-order valence-corrected chi connectivity index (χ2v) is 4.95. The summed E-state index contributed by atoms with van der Waals surface area (Å²) in [7, 11) is 0. The minimum absolute atomic E-state index is 0.0350. The van der Waals surface area contributed by atoms with Gasteiger partial charge in [0, 0.05) is 11.6 Å². The number of carboxylic acid groups (broad SMARTS) is 1. The molecule has 0 bridgehead atoms. The molecule has 1 aromatic carbocycles. The molecule has 7 nitrogen and oxygen atoms in total. The van der Waals surface area contributed by atoms with Gasteiger partial charge in [0.25, 0.3) is 5.91 Å². The standard InChI is InChI=1S/C14H14F2N4O3/c1-7(14(22)23)17-13(21)12-8(2)20(19-18-12)6-9-3-4-10(15)5-11(9)16/h3-5,7H,6H2,1-2H3,(H,17,21)(H,22,23)/t7-/m1/s1. The molecule has 2 rings (SSSR count). The lowest BCUT2D eigenvalue weighted by atomic mass is 10.2. The summed E-state index contributed by atoms with van der Waals surface area (Å²) in [6.07, 6.45) is 0. The van der Waals surface area contributed by atoms with Crippen LogP contribution < -0.4 is 5.32 Å². The van der Waals surface area contributed by atoms with Crippen LogP contribution in [0, 0.1) is 18.6 Å². The fourth-order valence-electron chi connectivity index (χ4n) is 1.86. The Bertz CT molecular complexity index is 760. The number of hydrogen-bond acceptors (Lipinski definition) is 4. The molecule has 0 aliphatic carbocycles. The topological polar surface area (TPSA) is 97.1 Å². The monoisotopic (exact) mass is 324 g/mol. The molecule has 0 unspecified atom stereocenters. The van der Waals surface area contributed by atoms with Gasteiger partial charge in [-0.15, -0.1) is 5.10 Å². The summed E-state index contributed by atoms with van der Waals surface area (Å²) in [5.74, 6) is -3.30. The summed E-state index contributed by atoms with van der Waals surface area (Å²) in [4.78, 5) is 22.7. The van der Waals surface area contributed by atoms with E-state index < -0.39 is 29.6 Å². The number of aromatic nitrogens is 3. The van der Waals surface area contributed by atoms with Gasteiger partial charge in [0.05, 0.1) is 12.2 Å². The third-order valence-corrected chi connectivity index (χ3v) is 3.25. The van der Waals surface area contributed by atoms with Crippen LogP contribution in [0.5, 0.6) is 0 Å². The van der Waals surface area contributed by atoms with Crippen LogP contribution in [0.4, 0.5) is 8.78 Å². The third-order valence-electron chi connectivity index (χ3n) is 3.25. The summed E-state index contributed by atoms with van der Waals surface area (Å²) >= 11 is 0. The van der Waals surface area contributed by atoms with Crippen molar-refractivity contribution < 1.29 is 23.5 Å². The molecule has 1 aromatic heterocycles. The molecule has 1 amide bonds. The Morgan fingerprint density at radius 3 is 2.70 bits per heavy atom. The Labute approximate surface area is 129 Å². The first kappa shape index (κ1) is 16.5. The van der Waals surface area contributed by atoms with E-state index in [9.17, 15) is 18.4 Å². The second kappa shape index (κ2) is 6.51. The normalized spacial score (nSPS) is 12.0. The van der Waals surface area contributed by atoms with E-state index in [1.54, 1.807) is 6.92 Å². The zero-order chi connectivity index (χ0) is 17.1. The van der Waals surface area contributed by atoms with E-state index in [1.165, 1.54) is 17.7 Å². The maximum Gasteiger partial charge on any atom is 0.325 e. The Kier molecular flexibility index (Phi) is 4.68. The van der Waals surface area contributed by atoms with Crippen LogP contribution in [-0.2, 0) is 11.3 Å². The number of carbonyl (C=O) groups excluding carboxylic acids is 1. The van der Waals surface area contributed by atoms with Crippen LogP contribution >= 0.6 is 0 Å². The molecule has 2 N–H and O–H groups in total. The number of hydrogen-bond donors (Lipinski definition) is 2. The van der Waals surface area contributed by atoms with E-state index in [1.807, 2.05) is 0 Å². The molecule has 0 saturated heterocycles. The Morgan fingerprint density at radius 2 is 2.09 bits per heavy atom. The number of carbonyl (C=O) groups is 2. The Morgan fingerprint density at radius 1 is 1.39 bits per heavy atom. The average Bonchev–Trinajstić information content (AvgIpc) is 2.83. The summed E-state index contributed by atoms with van der Waals surface area (Å²) in [6, 6.07) is 2.07. The highest BCUT2D eigenvalue weighted by atomic mass is 19.1. The molecule has 9 heteroatoms. The minimum atomic E-state index is -1.18. The van der Waals surface area contributed by atoms with Gasteiger partial charge >= 0.3 is 5.97 Å². The van der Waals surface area contributed by atoms with Crippen molar-refractivity contribution in [3.8, 4) is 0 Å². The number of benzene rings is 1. The highest BCUT2D eigenvalue weighted by Crippen LogP contribution is 2.13. The lowest BCUT2D eigenvalue weighted by Gasteiger charge is -2.08. The molecule has 0 aliphatic rings. The van der Waals surface area contributed by atoms with Gasteiger partial charge in [-0.25, -0.2) is 13.5 Å². The van der Waals surface area contributed by atoms with E-state index in [0.29, 0.717) is 5.69 Å². The number of carboxylic acids is 1. The van der Waals surface area contributed by atoms with Crippen LogP contribution in [-0.4, -0.2) is 38.0 Å². The minimum Gasteiger partial charge on any atom is -0.480 e. The molecule has 1 atom stereocenters. The second-order valence-electron chi connectivity index (χ2n) is 4.95. The number of aliphatic carboxylic acids is 1. The van der Waals surface area contributed by atoms with Crippen LogP contribution in [0.25, 0.3) is 0 Å². The van der Waals surface area contributed by atoms with Crippen LogP contribution in [0.15, 0.2) is 18.2 Å². The van der Waals surface area contributed by atoms with E-state index in [0.717, 1.165) is 12.1 Å². The van der Waals surface area contributed by atoms with E-state index >= 15 is 0 Å². The summed E-state index contributed by atoms with van der Waals surface area (Å²) < 4.78 is 27.8. The van der Waals surface area contributed by atoms with E-state index in [-0.39, 0.29) is 17.8 Å². The molecule has 0 saturated carbocycles. The number of nitrogens with one attached hydrogen (secondary N) is 1. The molecule has 0 spiro atoms. The van der Waals surface area contributed by atoms with Gasteiger partial charge in [0.15, 0.2) is 5.69 Å². The van der Waals surface area contributed by atoms with Crippen molar-refractivity contribution in [1.82, 2.24) is 20.3 Å². The molecular weight excluding hydrogens is 310 g/mol. The van der Waals surface area contributed by atoms with Gasteiger partial charge in [-0.05, 0) is 19.9 Å². The first-order valence-corrected chi connectivity index (χ1v) is 6.67. The van der Waals surface area contributed by atoms with Gasteiger partial charge in [-0.3, -0.25) is 9.59 Å². The maximum atomic E-state index is 13.6. The zero-order valence-electron chi connectivity index (χ0n) is 12.4. The largest absolute Gasteiger partial charge is 0.480 e. The van der Waals surface area contributed by atoms with Crippen molar-refractivity contribution >= 4 is 11.9 Å². The lowest BCUT2D eigenvalue weighted by Crippen LogP contribution is -2.38. The molecular formula is C14H14F2N4O3. The van der Waals surface area contributed by atoms with Crippen molar-refractivity contribution in [3.63, 3.8) is 0 Å². The number of halogens is 2. The highest BCUT2D eigenvalue weighted by molar-refractivity contribution is 5.95. The molecule has 0 radical (unpaired) electrons. The lowest BCUT2D eigenvalue weighted by molar-refractivity contribution is -0.138. The molecule has 0 fully saturated rings. The quantitative estimate of drug-likeness (QED) is 0.859. The predicted octanol–water partition coefficient (Wildman–Crippen LogP) is 1.12. The van der Waals surface area contributed by atoms with Gasteiger partial charge in [0.1, 0.15) is 17.7 Å². The van der Waals surface area contributed by atoms with E-state index in [4.69, 9.17) is 5.11 Å². The van der Waals surface area contributed by atoms with Gasteiger partial charge in [-0.1, -0.05) is 11.3 Å². The van der Waals surface area contributed by atoms with Gasteiger partial charge < -0.3 is 10.4 Å². The molecule has 23 heavy (non-hydrogen) atoms. The third kappa shape index (κ3) is 3.68.